The lowest BCUT2D eigenvalue weighted by Crippen LogP contribution is -2.21. The number of carbonyl (C=O) groups is 2. The average Bonchev–Trinajstić information content (AvgIpc) is 3.53. The number of nitrogens with one attached hydrogen (secondary N) is 2. The number of nitrogens with zero attached hydrogens (tertiary/aromatic N) is 1. The zero-order valence-corrected chi connectivity index (χ0v) is 20.1. The molecule has 1 heterocycles. The Balaban J connectivity index is 1.22. The van der Waals surface area contributed by atoms with Gasteiger partial charge in [-0.2, -0.15) is 0 Å². The standard InChI is InChI=1S/C27H29N3O3S/c1-19-29-24(18-34-19)17-33-25-12-9-20(10-13-25)11-14-26(31)28-16-21-5-4-8-23(15-21)30-27(32)22-6-2-3-7-22/h4-5,8-15,18,22H,2-3,6-7,16-17H2,1H3,(H,28,31)(H,30,32)/b14-11+. The number of benzene rings is 2. The molecule has 6 nitrogen and oxygen atoms in total. The molecule has 7 heteroatoms. The first-order valence-electron chi connectivity index (χ1n) is 11.5. The van der Waals surface area contributed by atoms with Gasteiger partial charge in [-0.3, -0.25) is 9.59 Å². The summed E-state index contributed by atoms with van der Waals surface area (Å²) in [4.78, 5) is 29.0. The maximum absolute atomic E-state index is 12.3. The number of carbonyl (C=O) groups excluding carboxylic acids is 2. The van der Waals surface area contributed by atoms with Gasteiger partial charge in [0.1, 0.15) is 12.4 Å². The van der Waals surface area contributed by atoms with Gasteiger partial charge in [-0.05, 0) is 61.2 Å². The normalized spacial score (nSPS) is 13.8. The summed E-state index contributed by atoms with van der Waals surface area (Å²) < 4.78 is 5.75. The molecular formula is C27H29N3O3S. The number of aromatic nitrogens is 1. The highest BCUT2D eigenvalue weighted by molar-refractivity contribution is 7.09. The molecule has 0 atom stereocenters. The van der Waals surface area contributed by atoms with Crippen LogP contribution in [0, 0.1) is 12.8 Å². The Morgan fingerprint density at radius 2 is 1.94 bits per heavy atom. The van der Waals surface area contributed by atoms with Gasteiger partial charge in [-0.1, -0.05) is 37.1 Å². The van der Waals surface area contributed by atoms with Gasteiger partial charge in [0.15, 0.2) is 0 Å². The summed E-state index contributed by atoms with van der Waals surface area (Å²) in [6, 6.07) is 15.2. The molecule has 1 aromatic heterocycles. The van der Waals surface area contributed by atoms with Gasteiger partial charge in [-0.25, -0.2) is 4.98 Å². The Morgan fingerprint density at radius 1 is 1.15 bits per heavy atom. The smallest absolute Gasteiger partial charge is 0.244 e. The number of amides is 2. The van der Waals surface area contributed by atoms with Crippen molar-refractivity contribution in [3.63, 3.8) is 0 Å². The van der Waals surface area contributed by atoms with E-state index < -0.39 is 0 Å². The summed E-state index contributed by atoms with van der Waals surface area (Å²) in [5.41, 5.74) is 3.53. The molecule has 0 saturated heterocycles. The SMILES string of the molecule is Cc1nc(COc2ccc(/C=C/C(=O)NCc3cccc(NC(=O)C4CCCC4)c3)cc2)cs1. The molecule has 34 heavy (non-hydrogen) atoms. The third kappa shape index (κ3) is 7.02. The van der Waals surface area contributed by atoms with Gasteiger partial charge in [0, 0.05) is 29.6 Å². The molecular weight excluding hydrogens is 446 g/mol. The van der Waals surface area contributed by atoms with E-state index in [-0.39, 0.29) is 17.7 Å². The van der Waals surface area contributed by atoms with Crippen LogP contribution in [0.2, 0.25) is 0 Å². The van der Waals surface area contributed by atoms with Crippen LogP contribution >= 0.6 is 11.3 Å². The molecule has 4 rings (SSSR count). The molecule has 0 spiro atoms. The molecule has 0 radical (unpaired) electrons. The summed E-state index contributed by atoms with van der Waals surface area (Å²) in [6.07, 6.45) is 7.47. The minimum atomic E-state index is -0.181. The van der Waals surface area contributed by atoms with Crippen molar-refractivity contribution in [2.45, 2.75) is 45.8 Å². The number of hydrogen-bond acceptors (Lipinski definition) is 5. The summed E-state index contributed by atoms with van der Waals surface area (Å²) in [5, 5.41) is 8.91. The van der Waals surface area contributed by atoms with Crippen LogP contribution in [0.3, 0.4) is 0 Å². The van der Waals surface area contributed by atoms with Crippen LogP contribution in [0.25, 0.3) is 6.08 Å². The van der Waals surface area contributed by atoms with Crippen LogP contribution in [0.5, 0.6) is 5.75 Å². The lowest BCUT2D eigenvalue weighted by molar-refractivity contribution is -0.119. The molecule has 1 aliphatic rings. The van der Waals surface area contributed by atoms with Crippen LogP contribution in [0.1, 0.15) is 47.5 Å². The fraction of sp³-hybridized carbons (Fsp3) is 0.296. The third-order valence-electron chi connectivity index (χ3n) is 5.75. The minimum absolute atomic E-state index is 0.0938. The van der Waals surface area contributed by atoms with Crippen molar-refractivity contribution in [1.29, 1.82) is 0 Å². The number of aryl methyl sites for hydroxylation is 1. The Morgan fingerprint density at radius 3 is 2.68 bits per heavy atom. The molecule has 2 N–H and O–H groups in total. The van der Waals surface area contributed by atoms with Crippen LogP contribution in [-0.4, -0.2) is 16.8 Å². The summed E-state index contributed by atoms with van der Waals surface area (Å²) >= 11 is 1.61. The van der Waals surface area contributed by atoms with Crippen molar-refractivity contribution < 1.29 is 14.3 Å². The number of rotatable bonds is 9. The first-order valence-corrected chi connectivity index (χ1v) is 12.4. The molecule has 1 saturated carbocycles. The first-order chi connectivity index (χ1) is 16.5. The molecule has 3 aromatic rings. The van der Waals surface area contributed by atoms with Crippen molar-refractivity contribution in [3.8, 4) is 5.75 Å². The molecule has 2 aromatic carbocycles. The molecule has 0 bridgehead atoms. The Labute approximate surface area is 204 Å². The van der Waals surface area contributed by atoms with E-state index in [0.29, 0.717) is 13.2 Å². The van der Waals surface area contributed by atoms with Crippen molar-refractivity contribution in [3.05, 3.63) is 81.8 Å². The number of hydrogen-bond donors (Lipinski definition) is 2. The first kappa shape index (κ1) is 23.7. The summed E-state index contributed by atoms with van der Waals surface area (Å²) in [5.74, 6) is 0.791. The lowest BCUT2D eigenvalue weighted by atomic mass is 10.1. The van der Waals surface area contributed by atoms with E-state index in [0.717, 1.165) is 58.9 Å². The summed E-state index contributed by atoms with van der Waals surface area (Å²) in [7, 11) is 0. The fourth-order valence-corrected chi connectivity index (χ4v) is 4.52. The van der Waals surface area contributed by atoms with Gasteiger partial charge in [0.25, 0.3) is 0 Å². The second-order valence-corrected chi connectivity index (χ2v) is 9.50. The van der Waals surface area contributed by atoms with E-state index in [2.05, 4.69) is 15.6 Å². The predicted octanol–water partition coefficient (Wildman–Crippen LogP) is 5.49. The number of ether oxygens (including phenoxy) is 1. The topological polar surface area (TPSA) is 80.3 Å². The van der Waals surface area contributed by atoms with E-state index in [1.807, 2.05) is 60.8 Å². The lowest BCUT2D eigenvalue weighted by Gasteiger charge is -2.11. The quantitative estimate of drug-likeness (QED) is 0.401. The van der Waals surface area contributed by atoms with Gasteiger partial charge < -0.3 is 15.4 Å². The Kier molecular flexibility index (Phi) is 8.09. The van der Waals surface area contributed by atoms with Gasteiger partial charge in [-0.15, -0.1) is 11.3 Å². The maximum atomic E-state index is 12.3. The van der Waals surface area contributed by atoms with Gasteiger partial charge in [0.2, 0.25) is 11.8 Å². The van der Waals surface area contributed by atoms with Crippen molar-refractivity contribution >= 4 is 34.9 Å². The van der Waals surface area contributed by atoms with Gasteiger partial charge >= 0.3 is 0 Å². The monoisotopic (exact) mass is 475 g/mol. The summed E-state index contributed by atoms with van der Waals surface area (Å²) in [6.45, 7) is 2.80. The Bertz CT molecular complexity index is 1150. The largest absolute Gasteiger partial charge is 0.487 e. The Hall–Kier alpha value is -3.45. The van der Waals surface area contributed by atoms with Crippen LogP contribution in [-0.2, 0) is 22.7 Å². The highest BCUT2D eigenvalue weighted by Crippen LogP contribution is 2.26. The zero-order valence-electron chi connectivity index (χ0n) is 19.3. The van der Waals surface area contributed by atoms with Crippen molar-refractivity contribution in [1.82, 2.24) is 10.3 Å². The van der Waals surface area contributed by atoms with Crippen LogP contribution in [0.4, 0.5) is 5.69 Å². The molecule has 0 aliphatic heterocycles. The highest BCUT2D eigenvalue weighted by atomic mass is 32.1. The van der Waals surface area contributed by atoms with Gasteiger partial charge in [0.05, 0.1) is 10.7 Å². The molecule has 2 amide bonds. The predicted molar refractivity (Wildman–Crippen MR) is 136 cm³/mol. The average molecular weight is 476 g/mol. The molecule has 0 unspecified atom stereocenters. The molecule has 1 fully saturated rings. The second kappa shape index (κ2) is 11.6. The number of anilines is 1. The van der Waals surface area contributed by atoms with E-state index >= 15 is 0 Å². The molecule has 176 valence electrons. The van der Waals surface area contributed by atoms with Crippen LogP contribution in [0.15, 0.2) is 60.0 Å². The van der Waals surface area contributed by atoms with Crippen molar-refractivity contribution in [2.75, 3.05) is 5.32 Å². The third-order valence-corrected chi connectivity index (χ3v) is 6.57. The van der Waals surface area contributed by atoms with E-state index in [1.165, 1.54) is 6.08 Å². The maximum Gasteiger partial charge on any atom is 0.244 e. The molecule has 1 aliphatic carbocycles. The van der Waals surface area contributed by atoms with Crippen LogP contribution < -0.4 is 15.4 Å². The minimum Gasteiger partial charge on any atom is -0.487 e. The highest BCUT2D eigenvalue weighted by Gasteiger charge is 2.22. The van der Waals surface area contributed by atoms with E-state index in [9.17, 15) is 9.59 Å². The number of thiazole rings is 1. The second-order valence-electron chi connectivity index (χ2n) is 8.44. The van der Waals surface area contributed by atoms with Crippen molar-refractivity contribution in [2.24, 2.45) is 5.92 Å². The van der Waals surface area contributed by atoms with E-state index in [1.54, 1.807) is 17.4 Å². The fourth-order valence-electron chi connectivity index (χ4n) is 3.92. The zero-order chi connectivity index (χ0) is 23.8. The van der Waals surface area contributed by atoms with E-state index in [4.69, 9.17) is 4.74 Å².